The third-order valence-corrected chi connectivity index (χ3v) is 4.92. The van der Waals surface area contributed by atoms with E-state index >= 15 is 0 Å². The fraction of sp³-hybridized carbons (Fsp3) is 0.0435. The van der Waals surface area contributed by atoms with Crippen molar-refractivity contribution in [3.8, 4) is 11.1 Å². The van der Waals surface area contributed by atoms with Crippen molar-refractivity contribution in [1.29, 1.82) is 0 Å². The average molecular weight is 370 g/mol. The second-order valence-electron chi connectivity index (χ2n) is 6.44. The molecular formula is C23H18N2OS. The van der Waals surface area contributed by atoms with Crippen LogP contribution in [0.4, 0.5) is 5.82 Å². The van der Waals surface area contributed by atoms with E-state index in [0.717, 1.165) is 32.1 Å². The van der Waals surface area contributed by atoms with Gasteiger partial charge in [-0.05, 0) is 36.8 Å². The minimum Gasteiger partial charge on any atom is -0.341 e. The number of hydrogen-bond donors (Lipinski definition) is 2. The number of aromatic amines is 1. The number of amides is 1. The molecule has 3 nitrogen and oxygen atoms in total. The number of rotatable bonds is 3. The summed E-state index contributed by atoms with van der Waals surface area (Å²) in [5, 5.41) is 3.99. The number of benzene rings is 3. The van der Waals surface area contributed by atoms with Crippen LogP contribution in [0.3, 0.4) is 0 Å². The van der Waals surface area contributed by atoms with Gasteiger partial charge in [-0.15, -0.1) is 0 Å². The molecular weight excluding hydrogens is 352 g/mol. The van der Waals surface area contributed by atoms with E-state index in [1.54, 1.807) is 12.1 Å². The summed E-state index contributed by atoms with van der Waals surface area (Å²) < 4.78 is 0.724. The molecule has 4 rings (SSSR count). The van der Waals surface area contributed by atoms with Crippen molar-refractivity contribution in [2.45, 2.75) is 6.92 Å². The van der Waals surface area contributed by atoms with E-state index in [4.69, 9.17) is 12.2 Å². The number of carbonyl (C=O) groups is 1. The minimum absolute atomic E-state index is 0.176. The van der Waals surface area contributed by atoms with E-state index in [2.05, 4.69) is 16.4 Å². The molecule has 4 aromatic rings. The number of hydrogen-bond acceptors (Lipinski definition) is 2. The highest BCUT2D eigenvalue weighted by Gasteiger charge is 2.15. The van der Waals surface area contributed by atoms with Crippen LogP contribution in [-0.4, -0.2) is 10.9 Å². The average Bonchev–Trinajstić information content (AvgIpc) is 2.70. The number of aromatic nitrogens is 1. The molecule has 0 spiro atoms. The van der Waals surface area contributed by atoms with Gasteiger partial charge in [-0.2, -0.15) is 0 Å². The van der Waals surface area contributed by atoms with Gasteiger partial charge in [0.15, 0.2) is 0 Å². The molecule has 0 radical (unpaired) electrons. The summed E-state index contributed by atoms with van der Waals surface area (Å²) in [6.45, 7) is 2.04. The van der Waals surface area contributed by atoms with Crippen LogP contribution in [-0.2, 0) is 0 Å². The number of H-pyrrole nitrogens is 1. The fourth-order valence-electron chi connectivity index (χ4n) is 3.15. The Morgan fingerprint density at radius 1 is 0.926 bits per heavy atom. The molecule has 1 heterocycles. The van der Waals surface area contributed by atoms with Crippen LogP contribution < -0.4 is 5.32 Å². The molecule has 0 unspecified atom stereocenters. The number of nitrogens with one attached hydrogen (secondary N) is 2. The maximum atomic E-state index is 12.7. The standard InChI is InChI=1S/C23H18N2OS/c1-15-12-13-19-18(14-15)21(27)20(16-8-4-2-5-9-16)22(24-19)25-23(26)17-10-6-3-7-11-17/h2-14H,1H3,(H2,24,25,26,27). The number of anilines is 1. The number of pyridine rings is 1. The van der Waals surface area contributed by atoms with Crippen molar-refractivity contribution in [3.63, 3.8) is 0 Å². The van der Waals surface area contributed by atoms with E-state index in [9.17, 15) is 4.79 Å². The first-order valence-corrected chi connectivity index (χ1v) is 9.13. The van der Waals surface area contributed by atoms with Gasteiger partial charge < -0.3 is 10.3 Å². The fourth-order valence-corrected chi connectivity index (χ4v) is 3.54. The highest BCUT2D eigenvalue weighted by Crippen LogP contribution is 2.32. The summed E-state index contributed by atoms with van der Waals surface area (Å²) in [5.74, 6) is 0.432. The molecule has 0 aliphatic rings. The zero-order valence-electron chi connectivity index (χ0n) is 14.8. The monoisotopic (exact) mass is 370 g/mol. The lowest BCUT2D eigenvalue weighted by atomic mass is 10.0. The van der Waals surface area contributed by atoms with Crippen molar-refractivity contribution in [3.05, 3.63) is 94.5 Å². The first kappa shape index (κ1) is 17.2. The summed E-state index contributed by atoms with van der Waals surface area (Å²) in [5.41, 5.74) is 4.43. The Morgan fingerprint density at radius 2 is 1.59 bits per heavy atom. The molecule has 0 aliphatic carbocycles. The van der Waals surface area contributed by atoms with Crippen LogP contribution in [0.2, 0.25) is 0 Å². The second kappa shape index (κ2) is 7.17. The summed E-state index contributed by atoms with van der Waals surface area (Å²) in [6, 6.07) is 25.1. The summed E-state index contributed by atoms with van der Waals surface area (Å²) in [6.07, 6.45) is 0. The van der Waals surface area contributed by atoms with Gasteiger partial charge in [0.25, 0.3) is 5.91 Å². The van der Waals surface area contributed by atoms with Crippen LogP contribution in [0.5, 0.6) is 0 Å². The summed E-state index contributed by atoms with van der Waals surface area (Å²) in [4.78, 5) is 16.1. The van der Waals surface area contributed by atoms with Crippen molar-refractivity contribution in [2.24, 2.45) is 0 Å². The Labute approximate surface area is 162 Å². The van der Waals surface area contributed by atoms with Gasteiger partial charge in [0, 0.05) is 22.0 Å². The molecule has 0 fully saturated rings. The quantitative estimate of drug-likeness (QED) is 0.426. The molecule has 1 amide bonds. The molecule has 132 valence electrons. The molecule has 0 bridgehead atoms. The van der Waals surface area contributed by atoms with E-state index in [-0.39, 0.29) is 5.91 Å². The largest absolute Gasteiger partial charge is 0.341 e. The van der Waals surface area contributed by atoms with Crippen LogP contribution in [0.15, 0.2) is 78.9 Å². The molecule has 4 heteroatoms. The van der Waals surface area contributed by atoms with Crippen LogP contribution in [0.1, 0.15) is 15.9 Å². The molecule has 0 saturated heterocycles. The predicted octanol–water partition coefficient (Wildman–Crippen LogP) is 6.13. The van der Waals surface area contributed by atoms with Crippen molar-refractivity contribution < 1.29 is 4.79 Å². The highest BCUT2D eigenvalue weighted by molar-refractivity contribution is 7.71. The molecule has 0 aliphatic heterocycles. The zero-order valence-corrected chi connectivity index (χ0v) is 15.6. The van der Waals surface area contributed by atoms with Gasteiger partial charge in [-0.3, -0.25) is 4.79 Å². The first-order valence-electron chi connectivity index (χ1n) is 8.72. The smallest absolute Gasteiger partial charge is 0.256 e. The third-order valence-electron chi connectivity index (χ3n) is 4.49. The van der Waals surface area contributed by atoms with Crippen molar-refractivity contribution in [1.82, 2.24) is 4.98 Å². The second-order valence-corrected chi connectivity index (χ2v) is 6.85. The van der Waals surface area contributed by atoms with Gasteiger partial charge in [0.1, 0.15) is 5.82 Å². The minimum atomic E-state index is -0.176. The number of aryl methyl sites for hydroxylation is 1. The Balaban J connectivity index is 1.92. The van der Waals surface area contributed by atoms with Gasteiger partial charge in [-0.1, -0.05) is 72.4 Å². The van der Waals surface area contributed by atoms with Crippen LogP contribution in [0.25, 0.3) is 22.0 Å². The highest BCUT2D eigenvalue weighted by atomic mass is 32.1. The molecule has 0 atom stereocenters. The molecule has 0 saturated carbocycles. The third kappa shape index (κ3) is 3.39. The van der Waals surface area contributed by atoms with E-state index in [1.165, 1.54) is 0 Å². The Hall–Kier alpha value is -3.24. The maximum absolute atomic E-state index is 12.7. The van der Waals surface area contributed by atoms with E-state index in [0.29, 0.717) is 11.4 Å². The van der Waals surface area contributed by atoms with Gasteiger partial charge in [-0.25, -0.2) is 0 Å². The SMILES string of the molecule is Cc1ccc2[nH]c(NC(=O)c3ccccc3)c(-c3ccccc3)c(=S)c2c1. The lowest BCUT2D eigenvalue weighted by molar-refractivity contribution is 0.102. The lowest BCUT2D eigenvalue weighted by Crippen LogP contribution is -2.14. The van der Waals surface area contributed by atoms with Gasteiger partial charge in [0.2, 0.25) is 0 Å². The van der Waals surface area contributed by atoms with Gasteiger partial charge >= 0.3 is 0 Å². The normalized spacial score (nSPS) is 10.7. The number of fused-ring (bicyclic) bond motifs is 1. The van der Waals surface area contributed by atoms with Crippen molar-refractivity contribution in [2.75, 3.05) is 5.32 Å². The Morgan fingerprint density at radius 3 is 2.30 bits per heavy atom. The molecule has 2 N–H and O–H groups in total. The summed E-state index contributed by atoms with van der Waals surface area (Å²) >= 11 is 5.82. The lowest BCUT2D eigenvalue weighted by Gasteiger charge is -2.14. The predicted molar refractivity (Wildman–Crippen MR) is 114 cm³/mol. The molecule has 27 heavy (non-hydrogen) atoms. The number of carbonyl (C=O) groups excluding carboxylic acids is 1. The van der Waals surface area contributed by atoms with Crippen LogP contribution in [0, 0.1) is 11.4 Å². The first-order chi connectivity index (χ1) is 13.1. The van der Waals surface area contributed by atoms with E-state index < -0.39 is 0 Å². The van der Waals surface area contributed by atoms with E-state index in [1.807, 2.05) is 67.6 Å². The molecule has 1 aromatic heterocycles. The Bertz CT molecular complexity index is 1180. The van der Waals surface area contributed by atoms with Gasteiger partial charge in [0.05, 0.1) is 4.51 Å². The van der Waals surface area contributed by atoms with Crippen LogP contribution >= 0.6 is 12.2 Å². The van der Waals surface area contributed by atoms with Crippen molar-refractivity contribution >= 4 is 34.8 Å². The molecule has 3 aromatic carbocycles. The topological polar surface area (TPSA) is 44.9 Å². The maximum Gasteiger partial charge on any atom is 0.256 e. The zero-order chi connectivity index (χ0) is 18.8. The Kier molecular flexibility index (Phi) is 4.57. The summed E-state index contributed by atoms with van der Waals surface area (Å²) in [7, 11) is 0.